The summed E-state index contributed by atoms with van der Waals surface area (Å²) >= 11 is 6.19. The molecule has 0 saturated heterocycles. The van der Waals surface area contributed by atoms with Crippen molar-refractivity contribution in [2.75, 3.05) is 6.61 Å². The Labute approximate surface area is 177 Å². The van der Waals surface area contributed by atoms with E-state index < -0.39 is 29.8 Å². The number of hydrogen-bond acceptors (Lipinski definition) is 3. The van der Waals surface area contributed by atoms with Crippen molar-refractivity contribution in [2.24, 2.45) is 13.0 Å². The molecular formula is C22H22ClF3N2O2. The SMILES string of the molecule is Cc1nn(C)c(C2C(F)=CC(OCC3CC3)=CC2(F)c2ccc(F)cc2Cl)c1CO. The number of aliphatic hydroxyl groups excluding tert-OH is 1. The van der Waals surface area contributed by atoms with Gasteiger partial charge in [0.25, 0.3) is 0 Å². The second kappa shape index (κ2) is 7.78. The van der Waals surface area contributed by atoms with Gasteiger partial charge in [-0.1, -0.05) is 17.7 Å². The standard InChI is InChI=1S/C22H22ClF3N2O2/c1-12-16(10-29)21(28(2)27-12)20-19(25)8-15(30-11-13-3-4-13)9-22(20,26)17-6-5-14(24)7-18(17)23/h5-9,13,20,29H,3-4,10-11H2,1-2H3. The van der Waals surface area contributed by atoms with Gasteiger partial charge in [0.1, 0.15) is 17.4 Å². The van der Waals surface area contributed by atoms with Crippen LogP contribution in [-0.4, -0.2) is 21.5 Å². The molecule has 8 heteroatoms. The van der Waals surface area contributed by atoms with E-state index in [2.05, 4.69) is 5.10 Å². The summed E-state index contributed by atoms with van der Waals surface area (Å²) in [5.74, 6) is -2.43. The zero-order chi connectivity index (χ0) is 21.6. The van der Waals surface area contributed by atoms with E-state index in [-0.39, 0.29) is 22.0 Å². The molecule has 2 aliphatic carbocycles. The number of ether oxygens (including phenoxy) is 1. The number of hydrogen-bond donors (Lipinski definition) is 1. The second-order valence-electron chi connectivity index (χ2n) is 7.89. The fraction of sp³-hybridized carbons (Fsp3) is 0.409. The van der Waals surface area contributed by atoms with Crippen molar-refractivity contribution >= 4 is 11.6 Å². The summed E-state index contributed by atoms with van der Waals surface area (Å²) in [4.78, 5) is 0. The van der Waals surface area contributed by atoms with Gasteiger partial charge in [-0.3, -0.25) is 4.68 Å². The highest BCUT2D eigenvalue weighted by Gasteiger charge is 2.49. The molecule has 1 fully saturated rings. The van der Waals surface area contributed by atoms with E-state index in [1.807, 2.05) is 0 Å². The highest BCUT2D eigenvalue weighted by molar-refractivity contribution is 6.31. The van der Waals surface area contributed by atoms with E-state index in [9.17, 15) is 9.50 Å². The number of aryl methyl sites for hydroxylation is 2. The van der Waals surface area contributed by atoms with Gasteiger partial charge in [-0.25, -0.2) is 13.2 Å². The first-order chi connectivity index (χ1) is 14.2. The van der Waals surface area contributed by atoms with Crippen LogP contribution in [0.4, 0.5) is 13.2 Å². The first-order valence-corrected chi connectivity index (χ1v) is 10.1. The molecule has 4 nitrogen and oxygen atoms in total. The maximum absolute atomic E-state index is 16.8. The van der Waals surface area contributed by atoms with Gasteiger partial charge >= 0.3 is 0 Å². The van der Waals surface area contributed by atoms with Crippen molar-refractivity contribution in [2.45, 2.75) is 38.0 Å². The quantitative estimate of drug-likeness (QED) is 0.679. The summed E-state index contributed by atoms with van der Waals surface area (Å²) in [5.41, 5.74) is -1.58. The molecule has 160 valence electrons. The van der Waals surface area contributed by atoms with Gasteiger partial charge < -0.3 is 9.84 Å². The third-order valence-corrected chi connectivity index (χ3v) is 5.99. The lowest BCUT2D eigenvalue weighted by molar-refractivity contribution is 0.148. The first-order valence-electron chi connectivity index (χ1n) is 9.75. The molecule has 2 atom stereocenters. The molecule has 2 aromatic rings. The minimum atomic E-state index is -2.48. The second-order valence-corrected chi connectivity index (χ2v) is 8.29. The largest absolute Gasteiger partial charge is 0.493 e. The monoisotopic (exact) mass is 438 g/mol. The van der Waals surface area contributed by atoms with Crippen molar-refractivity contribution in [1.29, 1.82) is 0 Å². The number of halogens is 4. The van der Waals surface area contributed by atoms with Crippen molar-refractivity contribution in [3.8, 4) is 0 Å². The van der Waals surface area contributed by atoms with Gasteiger partial charge in [-0.05, 0) is 37.8 Å². The molecule has 0 radical (unpaired) electrons. The van der Waals surface area contributed by atoms with Gasteiger partial charge in [0.15, 0.2) is 5.67 Å². The maximum atomic E-state index is 16.8. The molecule has 1 N–H and O–H groups in total. The minimum Gasteiger partial charge on any atom is -0.493 e. The van der Waals surface area contributed by atoms with Crippen LogP contribution in [0.1, 0.15) is 41.3 Å². The normalized spacial score (nSPS) is 23.9. The van der Waals surface area contributed by atoms with Gasteiger partial charge in [0, 0.05) is 30.3 Å². The predicted octanol–water partition coefficient (Wildman–Crippen LogP) is 5.14. The molecule has 0 bridgehead atoms. The Balaban J connectivity index is 1.88. The van der Waals surface area contributed by atoms with E-state index in [4.69, 9.17) is 16.3 Å². The van der Waals surface area contributed by atoms with Crippen molar-refractivity contribution in [3.63, 3.8) is 0 Å². The third-order valence-electron chi connectivity index (χ3n) is 5.68. The number of aromatic nitrogens is 2. The van der Waals surface area contributed by atoms with Crippen LogP contribution >= 0.6 is 11.6 Å². The zero-order valence-corrected chi connectivity index (χ0v) is 17.4. The Morgan fingerprint density at radius 2 is 2.07 bits per heavy atom. The Bertz CT molecular complexity index is 1050. The summed E-state index contributed by atoms with van der Waals surface area (Å²) in [6.45, 7) is 1.60. The Morgan fingerprint density at radius 1 is 1.33 bits per heavy atom. The smallest absolute Gasteiger partial charge is 0.174 e. The van der Waals surface area contributed by atoms with Crippen molar-refractivity contribution < 1.29 is 23.0 Å². The molecular weight excluding hydrogens is 417 g/mol. The van der Waals surface area contributed by atoms with Crippen LogP contribution in [0.25, 0.3) is 0 Å². The van der Waals surface area contributed by atoms with Crippen LogP contribution in [0, 0.1) is 18.7 Å². The van der Waals surface area contributed by atoms with Crippen LogP contribution in [0.15, 0.2) is 41.9 Å². The van der Waals surface area contributed by atoms with Crippen LogP contribution in [0.3, 0.4) is 0 Å². The fourth-order valence-electron chi connectivity index (χ4n) is 3.97. The van der Waals surface area contributed by atoms with Crippen LogP contribution in [0.2, 0.25) is 5.02 Å². The number of nitrogens with zero attached hydrogens (tertiary/aromatic N) is 2. The van der Waals surface area contributed by atoms with Crippen molar-refractivity contribution in [1.82, 2.24) is 9.78 Å². The third kappa shape index (κ3) is 3.65. The number of alkyl halides is 1. The van der Waals surface area contributed by atoms with Crippen LogP contribution < -0.4 is 0 Å². The summed E-state index contributed by atoms with van der Waals surface area (Å²) in [5, 5.41) is 13.9. The minimum absolute atomic E-state index is 0.0583. The van der Waals surface area contributed by atoms with E-state index in [0.717, 1.165) is 31.1 Å². The Kier molecular flexibility index (Phi) is 5.45. The average molecular weight is 439 g/mol. The predicted molar refractivity (Wildman–Crippen MR) is 107 cm³/mol. The molecule has 4 rings (SSSR count). The van der Waals surface area contributed by atoms with E-state index in [1.54, 1.807) is 14.0 Å². The fourth-order valence-corrected chi connectivity index (χ4v) is 4.29. The number of allylic oxidation sites excluding steroid dienone is 3. The van der Waals surface area contributed by atoms with Gasteiger partial charge in [0.2, 0.25) is 0 Å². The highest BCUT2D eigenvalue weighted by Crippen LogP contribution is 2.52. The van der Waals surface area contributed by atoms with Gasteiger partial charge in [-0.15, -0.1) is 0 Å². The molecule has 0 spiro atoms. The molecule has 1 aromatic carbocycles. The lowest BCUT2D eigenvalue weighted by Crippen LogP contribution is -2.33. The van der Waals surface area contributed by atoms with E-state index in [0.29, 0.717) is 23.8 Å². The maximum Gasteiger partial charge on any atom is 0.174 e. The number of rotatable bonds is 6. The molecule has 1 heterocycles. The molecule has 30 heavy (non-hydrogen) atoms. The molecule has 0 amide bonds. The number of aliphatic hydroxyl groups is 1. The molecule has 1 saturated carbocycles. The summed E-state index contributed by atoms with van der Waals surface area (Å²) in [7, 11) is 1.56. The van der Waals surface area contributed by atoms with Gasteiger partial charge in [0.05, 0.1) is 35.5 Å². The molecule has 2 unspecified atom stereocenters. The number of benzene rings is 1. The van der Waals surface area contributed by atoms with E-state index in [1.165, 1.54) is 16.8 Å². The van der Waals surface area contributed by atoms with Crippen molar-refractivity contribution in [3.05, 3.63) is 75.3 Å². The Hall–Kier alpha value is -2.25. The topological polar surface area (TPSA) is 47.3 Å². The first kappa shape index (κ1) is 21.0. The molecule has 1 aromatic heterocycles. The lowest BCUT2D eigenvalue weighted by atomic mass is 9.76. The summed E-state index contributed by atoms with van der Waals surface area (Å²) in [6, 6.07) is 3.28. The van der Waals surface area contributed by atoms with Crippen LogP contribution in [-0.2, 0) is 24.1 Å². The molecule has 2 aliphatic rings. The zero-order valence-electron chi connectivity index (χ0n) is 16.6. The average Bonchev–Trinajstić information content (AvgIpc) is 3.44. The van der Waals surface area contributed by atoms with Gasteiger partial charge in [-0.2, -0.15) is 5.10 Å². The Morgan fingerprint density at radius 3 is 2.70 bits per heavy atom. The summed E-state index contributed by atoms with van der Waals surface area (Å²) < 4.78 is 53.0. The molecule has 0 aliphatic heterocycles. The summed E-state index contributed by atoms with van der Waals surface area (Å²) in [6.07, 6.45) is 4.40. The highest BCUT2D eigenvalue weighted by atomic mass is 35.5. The van der Waals surface area contributed by atoms with E-state index >= 15 is 8.78 Å². The lowest BCUT2D eigenvalue weighted by Gasteiger charge is -2.35. The van der Waals surface area contributed by atoms with Crippen LogP contribution in [0.5, 0.6) is 0 Å².